The van der Waals surface area contributed by atoms with Crippen molar-refractivity contribution < 1.29 is 9.13 Å². The minimum Gasteiger partial charge on any atom is -0.467 e. The van der Waals surface area contributed by atoms with E-state index in [0.29, 0.717) is 23.1 Å². The van der Waals surface area contributed by atoms with Gasteiger partial charge in [-0.05, 0) is 41.6 Å². The van der Waals surface area contributed by atoms with Crippen molar-refractivity contribution in [3.05, 3.63) is 82.8 Å². The molecule has 0 saturated heterocycles. The van der Waals surface area contributed by atoms with E-state index in [2.05, 4.69) is 9.97 Å². The molecule has 0 aliphatic carbocycles. The summed E-state index contributed by atoms with van der Waals surface area (Å²) in [5, 5.41) is 1.36. The van der Waals surface area contributed by atoms with Crippen LogP contribution in [0, 0.1) is 5.82 Å². The minimum absolute atomic E-state index is 0.202. The summed E-state index contributed by atoms with van der Waals surface area (Å²) in [6.45, 7) is 1.97. The van der Waals surface area contributed by atoms with Gasteiger partial charge in [0.1, 0.15) is 5.82 Å². The Morgan fingerprint density at radius 2 is 1.82 bits per heavy atom. The van der Waals surface area contributed by atoms with E-state index < -0.39 is 0 Å². The van der Waals surface area contributed by atoms with Gasteiger partial charge in [-0.25, -0.2) is 14.4 Å². The van der Waals surface area contributed by atoms with Gasteiger partial charge in [-0.1, -0.05) is 31.2 Å². The number of methoxy groups -OCH3 is 1. The van der Waals surface area contributed by atoms with Crippen molar-refractivity contribution in [1.29, 1.82) is 0 Å². The second kappa shape index (κ2) is 7.23. The van der Waals surface area contributed by atoms with E-state index in [0.717, 1.165) is 16.6 Å². The molecule has 0 amide bonds. The molecule has 28 heavy (non-hydrogen) atoms. The lowest BCUT2D eigenvalue weighted by Crippen LogP contribution is -2.22. The Labute approximate surface area is 161 Å². The van der Waals surface area contributed by atoms with E-state index in [1.54, 1.807) is 29.1 Å². The van der Waals surface area contributed by atoms with E-state index in [1.165, 1.54) is 19.2 Å². The predicted octanol–water partition coefficient (Wildman–Crippen LogP) is 4.16. The first-order chi connectivity index (χ1) is 13.6. The highest BCUT2D eigenvalue weighted by atomic mass is 19.1. The van der Waals surface area contributed by atoms with Crippen LogP contribution in [-0.2, 0) is 6.42 Å². The number of hydrogen-bond acceptors (Lipinski definition) is 4. The van der Waals surface area contributed by atoms with Crippen LogP contribution in [-0.4, -0.2) is 21.6 Å². The van der Waals surface area contributed by atoms with Gasteiger partial charge >= 0.3 is 6.01 Å². The summed E-state index contributed by atoms with van der Waals surface area (Å²) in [7, 11) is 1.50. The fourth-order valence-corrected chi connectivity index (χ4v) is 3.38. The second-order valence-corrected chi connectivity index (χ2v) is 6.34. The summed E-state index contributed by atoms with van der Waals surface area (Å²) in [5.41, 5.74) is 2.54. The van der Waals surface area contributed by atoms with Gasteiger partial charge in [-0.15, -0.1) is 0 Å². The molecule has 6 heteroatoms. The molecule has 0 bridgehead atoms. The molecule has 0 atom stereocenters. The lowest BCUT2D eigenvalue weighted by atomic mass is 10.0. The smallest absolute Gasteiger partial charge is 0.316 e. The van der Waals surface area contributed by atoms with Crippen molar-refractivity contribution in [1.82, 2.24) is 14.5 Å². The van der Waals surface area contributed by atoms with Crippen LogP contribution in [0.1, 0.15) is 12.6 Å². The van der Waals surface area contributed by atoms with Gasteiger partial charge in [-0.2, -0.15) is 0 Å². The molecule has 2 heterocycles. The zero-order chi connectivity index (χ0) is 19.7. The monoisotopic (exact) mass is 375 g/mol. The lowest BCUT2D eigenvalue weighted by Gasteiger charge is -2.15. The van der Waals surface area contributed by atoms with Crippen molar-refractivity contribution >= 4 is 10.8 Å². The number of benzene rings is 2. The van der Waals surface area contributed by atoms with E-state index in [1.807, 2.05) is 31.2 Å². The molecule has 0 radical (unpaired) electrons. The zero-order valence-electron chi connectivity index (χ0n) is 15.5. The molecular formula is C22H18FN3O2. The molecule has 0 spiro atoms. The number of halogens is 1. The van der Waals surface area contributed by atoms with Crippen LogP contribution >= 0.6 is 0 Å². The summed E-state index contributed by atoms with van der Waals surface area (Å²) in [5.74, 6) is -0.386. The quantitative estimate of drug-likeness (QED) is 0.537. The number of aryl methyl sites for hydroxylation is 1. The average molecular weight is 375 g/mol. The SMILES string of the molecule is CCc1cc2cccc(-c3cnc(OC)nc3)c2c(=O)n1-c1cccc(F)c1. The van der Waals surface area contributed by atoms with E-state index in [4.69, 9.17) is 4.74 Å². The molecule has 0 aliphatic heterocycles. The summed E-state index contributed by atoms with van der Waals surface area (Å²) in [6, 6.07) is 13.9. The van der Waals surface area contributed by atoms with Crippen LogP contribution in [0.15, 0.2) is 65.7 Å². The van der Waals surface area contributed by atoms with Crippen LogP contribution in [0.3, 0.4) is 0 Å². The highest BCUT2D eigenvalue weighted by molar-refractivity contribution is 5.96. The van der Waals surface area contributed by atoms with Crippen LogP contribution in [0.25, 0.3) is 27.6 Å². The van der Waals surface area contributed by atoms with E-state index in [-0.39, 0.29) is 17.4 Å². The molecule has 2 aromatic heterocycles. The number of nitrogens with zero attached hydrogens (tertiary/aromatic N) is 3. The van der Waals surface area contributed by atoms with E-state index >= 15 is 0 Å². The summed E-state index contributed by atoms with van der Waals surface area (Å²) in [4.78, 5) is 21.8. The van der Waals surface area contributed by atoms with Gasteiger partial charge in [0.05, 0.1) is 18.2 Å². The Bertz CT molecular complexity index is 1220. The number of ether oxygens (including phenoxy) is 1. The molecular weight excluding hydrogens is 357 g/mol. The van der Waals surface area contributed by atoms with Gasteiger partial charge in [0.2, 0.25) is 0 Å². The van der Waals surface area contributed by atoms with Crippen molar-refractivity contribution in [3.63, 3.8) is 0 Å². The third kappa shape index (κ3) is 3.03. The van der Waals surface area contributed by atoms with Crippen LogP contribution in [0.2, 0.25) is 0 Å². The molecule has 0 N–H and O–H groups in total. The van der Waals surface area contributed by atoms with Gasteiger partial charge in [0, 0.05) is 23.7 Å². The second-order valence-electron chi connectivity index (χ2n) is 6.34. The Morgan fingerprint density at radius 1 is 1.07 bits per heavy atom. The summed E-state index contributed by atoms with van der Waals surface area (Å²) < 4.78 is 20.4. The maximum absolute atomic E-state index is 13.8. The zero-order valence-corrected chi connectivity index (χ0v) is 15.5. The normalized spacial score (nSPS) is 11.0. The highest BCUT2D eigenvalue weighted by Crippen LogP contribution is 2.27. The molecule has 0 aliphatic rings. The van der Waals surface area contributed by atoms with Crippen molar-refractivity contribution in [2.24, 2.45) is 0 Å². The Hall–Kier alpha value is -3.54. The summed E-state index contributed by atoms with van der Waals surface area (Å²) in [6.07, 6.45) is 3.89. The Morgan fingerprint density at radius 3 is 2.50 bits per heavy atom. The number of pyridine rings is 1. The van der Waals surface area contributed by atoms with Crippen molar-refractivity contribution in [2.45, 2.75) is 13.3 Å². The molecule has 5 nitrogen and oxygen atoms in total. The van der Waals surface area contributed by atoms with Crippen molar-refractivity contribution in [2.75, 3.05) is 7.11 Å². The van der Waals surface area contributed by atoms with Gasteiger partial charge < -0.3 is 4.74 Å². The first kappa shape index (κ1) is 17.9. The molecule has 2 aromatic carbocycles. The third-order valence-corrected chi connectivity index (χ3v) is 4.67. The first-order valence-electron chi connectivity index (χ1n) is 8.92. The number of hydrogen-bond donors (Lipinski definition) is 0. The first-order valence-corrected chi connectivity index (χ1v) is 8.92. The maximum Gasteiger partial charge on any atom is 0.316 e. The standard InChI is InChI=1S/C22H18FN3O2/c1-3-17-10-14-6-4-9-19(15-12-24-22(28-2)25-13-15)20(14)21(27)26(17)18-8-5-7-16(23)11-18/h4-13H,3H2,1-2H3. The largest absolute Gasteiger partial charge is 0.467 e. The molecule has 0 fully saturated rings. The Balaban J connectivity index is 2.04. The van der Waals surface area contributed by atoms with Gasteiger partial charge in [0.15, 0.2) is 0 Å². The average Bonchev–Trinajstić information content (AvgIpc) is 2.73. The topological polar surface area (TPSA) is 57.0 Å². The fraction of sp³-hybridized carbons (Fsp3) is 0.136. The fourth-order valence-electron chi connectivity index (χ4n) is 3.38. The van der Waals surface area contributed by atoms with Crippen LogP contribution < -0.4 is 10.3 Å². The number of aromatic nitrogens is 3. The summed E-state index contributed by atoms with van der Waals surface area (Å²) >= 11 is 0. The number of fused-ring (bicyclic) bond motifs is 1. The third-order valence-electron chi connectivity index (χ3n) is 4.67. The van der Waals surface area contributed by atoms with E-state index in [9.17, 15) is 9.18 Å². The van der Waals surface area contributed by atoms with Gasteiger partial charge in [0.25, 0.3) is 5.56 Å². The Kier molecular flexibility index (Phi) is 4.61. The maximum atomic E-state index is 13.8. The highest BCUT2D eigenvalue weighted by Gasteiger charge is 2.15. The molecule has 0 unspecified atom stereocenters. The molecule has 4 rings (SSSR count). The van der Waals surface area contributed by atoms with Gasteiger partial charge in [-0.3, -0.25) is 9.36 Å². The number of rotatable bonds is 4. The van der Waals surface area contributed by atoms with Crippen LogP contribution in [0.4, 0.5) is 4.39 Å². The predicted molar refractivity (Wildman–Crippen MR) is 106 cm³/mol. The van der Waals surface area contributed by atoms with Crippen molar-refractivity contribution in [3.8, 4) is 22.8 Å². The minimum atomic E-state index is -0.386. The lowest BCUT2D eigenvalue weighted by molar-refractivity contribution is 0.380. The molecule has 140 valence electrons. The van der Waals surface area contributed by atoms with Crippen LogP contribution in [0.5, 0.6) is 6.01 Å². The molecule has 0 saturated carbocycles. The molecule has 4 aromatic rings.